The van der Waals surface area contributed by atoms with Gasteiger partial charge in [-0.1, -0.05) is 23.2 Å². The highest BCUT2D eigenvalue weighted by molar-refractivity contribution is 7.46. The average molecular weight is 519 g/mol. The minimum absolute atomic E-state index is 0.0636. The zero-order valence-corrected chi connectivity index (χ0v) is 19.8. The number of ether oxygens (including phenoxy) is 2. The Morgan fingerprint density at radius 2 is 1.82 bits per heavy atom. The molecule has 0 radical (unpaired) electrons. The lowest BCUT2D eigenvalue weighted by atomic mass is 10.1. The molecule has 0 fully saturated rings. The molecule has 178 valence electrons. The number of nitrogens with one attached hydrogen (secondary N) is 1. The van der Waals surface area contributed by atoms with Gasteiger partial charge in [0.05, 0.1) is 41.7 Å². The number of anilines is 2. The number of hydrogen-bond acceptors (Lipinski definition) is 8. The summed E-state index contributed by atoms with van der Waals surface area (Å²) in [6, 6.07) is 4.65. The number of fused-ring (bicyclic) bond motifs is 1. The highest BCUT2D eigenvalue weighted by Gasteiger charge is 2.18. The van der Waals surface area contributed by atoms with Crippen LogP contribution in [0.4, 0.5) is 11.4 Å². The number of halogens is 2. The lowest BCUT2D eigenvalue weighted by molar-refractivity contribution is 0.191. The zero-order valence-electron chi connectivity index (χ0n) is 17.4. The Labute approximate surface area is 198 Å². The number of aromatic nitrogens is 1. The second-order valence-corrected chi connectivity index (χ2v) is 8.84. The van der Waals surface area contributed by atoms with E-state index in [2.05, 4.69) is 14.8 Å². The summed E-state index contributed by atoms with van der Waals surface area (Å²) in [6.07, 6.45) is 4.45. The van der Waals surface area contributed by atoms with E-state index in [1.165, 1.54) is 25.6 Å². The molecule has 0 atom stereocenters. The number of phosphoric ester groups is 1. The molecule has 0 amide bonds. The highest BCUT2D eigenvalue weighted by Crippen LogP contribution is 2.40. The molecule has 0 unspecified atom stereocenters. The predicted molar refractivity (Wildman–Crippen MR) is 124 cm³/mol. The van der Waals surface area contributed by atoms with Crippen LogP contribution in [0.2, 0.25) is 10.0 Å². The van der Waals surface area contributed by atoms with E-state index in [0.717, 1.165) is 0 Å². The third-order valence-electron chi connectivity index (χ3n) is 4.46. The maximum Gasteiger partial charge on any atom is 0.469 e. The molecule has 0 spiro atoms. The monoisotopic (exact) mass is 518 g/mol. The molecule has 0 bridgehead atoms. The Balaban J connectivity index is 1.81. The summed E-state index contributed by atoms with van der Waals surface area (Å²) < 4.78 is 31.7. The molecule has 3 aromatic rings. The van der Waals surface area contributed by atoms with Crippen molar-refractivity contribution in [1.82, 2.24) is 4.98 Å². The standard InChI is InChI=1S/C20H21Cl2N2O8P/c1-29-16-6-5-12-15(24-18-13(21)10-23-11-14(18)22)9-17(25)32-19(12)20(16)30-7-3-2-4-8-31-33(26,27)28/h5-6,9-11H,2-4,7-8H2,1H3,(H,23,24)(H2,26,27,28). The van der Waals surface area contributed by atoms with Crippen LogP contribution in [0.5, 0.6) is 11.5 Å². The van der Waals surface area contributed by atoms with Gasteiger partial charge >= 0.3 is 13.4 Å². The molecule has 13 heteroatoms. The van der Waals surface area contributed by atoms with E-state index in [4.69, 9.17) is 46.9 Å². The Bertz CT molecular complexity index is 1210. The molecule has 2 aromatic heterocycles. The summed E-state index contributed by atoms with van der Waals surface area (Å²) >= 11 is 12.4. The third-order valence-corrected chi connectivity index (χ3v) is 5.55. The summed E-state index contributed by atoms with van der Waals surface area (Å²) in [4.78, 5) is 33.6. The van der Waals surface area contributed by atoms with Crippen LogP contribution in [-0.2, 0) is 9.09 Å². The molecule has 3 rings (SSSR count). The van der Waals surface area contributed by atoms with Crippen LogP contribution in [0.25, 0.3) is 11.0 Å². The van der Waals surface area contributed by atoms with Gasteiger partial charge in [0.1, 0.15) is 0 Å². The summed E-state index contributed by atoms with van der Waals surface area (Å²) in [5.74, 6) is 0.613. The molecule has 3 N–H and O–H groups in total. The molecule has 33 heavy (non-hydrogen) atoms. The quantitative estimate of drug-likeness (QED) is 0.182. The van der Waals surface area contributed by atoms with Crippen LogP contribution in [0.15, 0.2) is 39.8 Å². The largest absolute Gasteiger partial charge is 0.493 e. The van der Waals surface area contributed by atoms with E-state index in [9.17, 15) is 9.36 Å². The van der Waals surface area contributed by atoms with Gasteiger partial charge in [0.25, 0.3) is 0 Å². The van der Waals surface area contributed by atoms with Gasteiger partial charge in [-0.15, -0.1) is 0 Å². The van der Waals surface area contributed by atoms with Crippen molar-refractivity contribution in [2.24, 2.45) is 0 Å². The fourth-order valence-corrected chi connectivity index (χ4v) is 3.81. The first-order valence-corrected chi connectivity index (χ1v) is 12.0. The van der Waals surface area contributed by atoms with Crippen molar-refractivity contribution in [2.75, 3.05) is 25.6 Å². The van der Waals surface area contributed by atoms with Crippen molar-refractivity contribution < 1.29 is 32.8 Å². The van der Waals surface area contributed by atoms with Crippen molar-refractivity contribution in [3.63, 3.8) is 0 Å². The molecular weight excluding hydrogens is 498 g/mol. The van der Waals surface area contributed by atoms with Crippen molar-refractivity contribution in [3.8, 4) is 11.5 Å². The van der Waals surface area contributed by atoms with Gasteiger partial charge in [-0.25, -0.2) is 9.36 Å². The van der Waals surface area contributed by atoms with E-state index >= 15 is 0 Å². The summed E-state index contributed by atoms with van der Waals surface area (Å²) in [7, 11) is -3.00. The number of rotatable bonds is 11. The number of pyridine rings is 1. The smallest absolute Gasteiger partial charge is 0.469 e. The number of methoxy groups -OCH3 is 1. The Morgan fingerprint density at radius 1 is 1.12 bits per heavy atom. The second-order valence-electron chi connectivity index (χ2n) is 6.79. The lowest BCUT2D eigenvalue weighted by Gasteiger charge is -2.15. The van der Waals surface area contributed by atoms with Gasteiger partial charge in [0.15, 0.2) is 11.3 Å². The van der Waals surface area contributed by atoms with Crippen LogP contribution >= 0.6 is 31.0 Å². The third kappa shape index (κ3) is 6.83. The number of nitrogens with zero attached hydrogens (tertiary/aromatic N) is 1. The topological polar surface area (TPSA) is 140 Å². The van der Waals surface area contributed by atoms with Crippen LogP contribution in [0.3, 0.4) is 0 Å². The van der Waals surface area contributed by atoms with E-state index in [-0.39, 0.29) is 34.6 Å². The van der Waals surface area contributed by atoms with Crippen molar-refractivity contribution in [2.45, 2.75) is 19.3 Å². The van der Waals surface area contributed by atoms with Crippen molar-refractivity contribution >= 4 is 53.4 Å². The van der Waals surface area contributed by atoms with E-state index in [0.29, 0.717) is 41.8 Å². The molecule has 0 aliphatic heterocycles. The number of benzene rings is 1. The SMILES string of the molecule is COc1ccc2c(Nc3c(Cl)cncc3Cl)cc(=O)oc2c1OCCCCCOP(=O)(O)O. The van der Waals surface area contributed by atoms with E-state index in [1.807, 2.05) is 0 Å². The van der Waals surface area contributed by atoms with Crippen LogP contribution in [0, 0.1) is 0 Å². The number of phosphoric acid groups is 1. The fraction of sp³-hybridized carbons (Fsp3) is 0.300. The average Bonchev–Trinajstić information content (AvgIpc) is 2.74. The Morgan fingerprint density at radius 3 is 2.48 bits per heavy atom. The molecule has 1 aromatic carbocycles. The first-order chi connectivity index (χ1) is 15.7. The number of unbranched alkanes of at least 4 members (excludes halogenated alkanes) is 2. The molecular formula is C20H21Cl2N2O8P. The van der Waals surface area contributed by atoms with Gasteiger partial charge in [-0.05, 0) is 31.4 Å². The second kappa shape index (κ2) is 11.2. The Kier molecular flexibility index (Phi) is 8.58. The van der Waals surface area contributed by atoms with Gasteiger partial charge in [-0.2, -0.15) is 0 Å². The first-order valence-electron chi connectivity index (χ1n) is 9.73. The van der Waals surface area contributed by atoms with Gasteiger partial charge < -0.3 is 29.0 Å². The van der Waals surface area contributed by atoms with Crippen molar-refractivity contribution in [3.05, 3.63) is 51.1 Å². The van der Waals surface area contributed by atoms with Crippen LogP contribution < -0.4 is 20.4 Å². The Hall–Kier alpha value is -2.33. The maximum atomic E-state index is 12.3. The zero-order chi connectivity index (χ0) is 24.0. The minimum Gasteiger partial charge on any atom is -0.493 e. The number of hydrogen-bond donors (Lipinski definition) is 3. The van der Waals surface area contributed by atoms with E-state index in [1.54, 1.807) is 12.1 Å². The normalized spacial score (nSPS) is 11.5. The van der Waals surface area contributed by atoms with Crippen LogP contribution in [-0.4, -0.2) is 35.1 Å². The molecule has 10 nitrogen and oxygen atoms in total. The lowest BCUT2D eigenvalue weighted by Crippen LogP contribution is -2.05. The van der Waals surface area contributed by atoms with Gasteiger partial charge in [0.2, 0.25) is 5.75 Å². The molecule has 2 heterocycles. The van der Waals surface area contributed by atoms with Crippen LogP contribution in [0.1, 0.15) is 19.3 Å². The predicted octanol–water partition coefficient (Wildman–Crippen LogP) is 4.91. The highest BCUT2D eigenvalue weighted by atomic mass is 35.5. The maximum absolute atomic E-state index is 12.3. The first kappa shape index (κ1) is 25.3. The van der Waals surface area contributed by atoms with E-state index < -0.39 is 13.4 Å². The minimum atomic E-state index is -4.46. The summed E-state index contributed by atoms with van der Waals surface area (Å²) in [6.45, 7) is 0.181. The molecule has 0 saturated heterocycles. The van der Waals surface area contributed by atoms with Gasteiger partial charge in [0, 0.05) is 23.8 Å². The fourth-order valence-electron chi connectivity index (χ4n) is 2.99. The molecule has 0 aliphatic carbocycles. The summed E-state index contributed by atoms with van der Waals surface area (Å²) in [5.41, 5.74) is 0.337. The van der Waals surface area contributed by atoms with Gasteiger partial charge in [-0.3, -0.25) is 9.51 Å². The molecule has 0 aliphatic rings. The summed E-state index contributed by atoms with van der Waals surface area (Å²) in [5, 5.41) is 4.13. The molecule has 0 saturated carbocycles. The van der Waals surface area contributed by atoms with Crippen molar-refractivity contribution in [1.29, 1.82) is 0 Å².